The molecule has 2 N–H and O–H groups in total. The Balaban J connectivity index is 1.56. The predicted octanol–water partition coefficient (Wildman–Crippen LogP) is 5.53. The van der Waals surface area contributed by atoms with Crippen LogP contribution in [-0.4, -0.2) is 78.4 Å². The van der Waals surface area contributed by atoms with Gasteiger partial charge in [0.25, 0.3) is 5.92 Å². The number of aromatic nitrogens is 1. The van der Waals surface area contributed by atoms with Crippen LogP contribution < -0.4 is 0 Å². The number of rotatable bonds is 10. The summed E-state index contributed by atoms with van der Waals surface area (Å²) in [6, 6.07) is 4.56. The van der Waals surface area contributed by atoms with Gasteiger partial charge in [0.05, 0.1) is 25.4 Å². The number of nitrogens with zero attached hydrogens (tertiary/aromatic N) is 2. The second-order valence-electron chi connectivity index (χ2n) is 11.0. The molecule has 0 amide bonds. The third kappa shape index (κ3) is 5.36. The van der Waals surface area contributed by atoms with Crippen molar-refractivity contribution in [1.29, 1.82) is 0 Å². The van der Waals surface area contributed by atoms with Gasteiger partial charge in [-0.2, -0.15) is 0 Å². The van der Waals surface area contributed by atoms with Crippen molar-refractivity contribution in [2.45, 2.75) is 43.9 Å². The fourth-order valence-electron chi connectivity index (χ4n) is 6.30. The summed E-state index contributed by atoms with van der Waals surface area (Å²) in [6.07, 6.45) is 0.0484. The second-order valence-corrected chi connectivity index (χ2v) is 11.0. The van der Waals surface area contributed by atoms with Crippen molar-refractivity contribution in [3.8, 4) is 0 Å². The van der Waals surface area contributed by atoms with E-state index in [1.54, 1.807) is 6.92 Å². The number of alkyl halides is 3. The Hall–Kier alpha value is -2.60. The van der Waals surface area contributed by atoms with Crippen LogP contribution in [-0.2, 0) is 11.2 Å². The van der Waals surface area contributed by atoms with Crippen LogP contribution >= 0.6 is 0 Å². The highest BCUT2D eigenvalue weighted by atomic mass is 19.3. The summed E-state index contributed by atoms with van der Waals surface area (Å²) in [4.78, 5) is 6.43. The average molecular weight is 570 g/mol. The quantitative estimate of drug-likeness (QED) is 0.316. The fourth-order valence-corrected chi connectivity index (χ4v) is 6.30. The van der Waals surface area contributed by atoms with E-state index in [4.69, 9.17) is 4.74 Å². The van der Waals surface area contributed by atoms with Crippen LogP contribution in [0.3, 0.4) is 0 Å². The molecule has 2 aliphatic rings. The summed E-state index contributed by atoms with van der Waals surface area (Å²) >= 11 is 0. The Bertz CT molecular complexity index is 1340. The van der Waals surface area contributed by atoms with Crippen LogP contribution in [0.15, 0.2) is 30.3 Å². The van der Waals surface area contributed by atoms with E-state index >= 15 is 8.78 Å². The zero-order chi connectivity index (χ0) is 28.8. The van der Waals surface area contributed by atoms with Gasteiger partial charge in [-0.25, -0.2) is 22.0 Å². The summed E-state index contributed by atoms with van der Waals surface area (Å²) in [5.41, 5.74) is 1.31. The SMILES string of the molecule is COC(c1cc(F)c([C@@H]2c3[nH]c4ccc(F)cc4c3C[C@@H](C)N2CC(F)(F)CO)c(F)c1)C1CN(CCCF)C1. The van der Waals surface area contributed by atoms with Gasteiger partial charge in [-0.05, 0) is 61.2 Å². The molecule has 2 aliphatic heterocycles. The smallest absolute Gasteiger partial charge is 0.283 e. The number of aliphatic hydroxyl groups is 1. The number of hydrogen-bond donors (Lipinski definition) is 2. The fraction of sp³-hybridized carbons (Fsp3) is 0.517. The number of hydrogen-bond acceptors (Lipinski definition) is 4. The molecule has 2 aromatic carbocycles. The zero-order valence-electron chi connectivity index (χ0n) is 22.4. The molecule has 5 rings (SSSR count). The van der Waals surface area contributed by atoms with Gasteiger partial charge in [-0.1, -0.05) is 0 Å². The van der Waals surface area contributed by atoms with Crippen molar-refractivity contribution in [3.05, 3.63) is 70.2 Å². The highest BCUT2D eigenvalue weighted by Gasteiger charge is 2.44. The normalized spacial score (nSPS) is 21.5. The Morgan fingerprint density at radius 1 is 1.12 bits per heavy atom. The van der Waals surface area contributed by atoms with E-state index in [1.807, 2.05) is 4.90 Å². The van der Waals surface area contributed by atoms with Crippen LogP contribution in [0.2, 0.25) is 0 Å². The highest BCUT2D eigenvalue weighted by molar-refractivity contribution is 5.85. The zero-order valence-corrected chi connectivity index (χ0v) is 22.4. The first kappa shape index (κ1) is 28.9. The van der Waals surface area contributed by atoms with Gasteiger partial charge in [0, 0.05) is 60.9 Å². The second kappa shape index (κ2) is 11.3. The van der Waals surface area contributed by atoms with Crippen LogP contribution in [0, 0.1) is 23.4 Å². The molecule has 1 aromatic heterocycles. The molecule has 3 atom stereocenters. The lowest BCUT2D eigenvalue weighted by molar-refractivity contribution is -0.0869. The molecular formula is C29H33F6N3O2. The number of halogens is 6. The summed E-state index contributed by atoms with van der Waals surface area (Å²) < 4.78 is 93.2. The number of H-pyrrole nitrogens is 1. The summed E-state index contributed by atoms with van der Waals surface area (Å²) in [5, 5.41) is 9.81. The van der Waals surface area contributed by atoms with Crippen molar-refractivity contribution >= 4 is 10.9 Å². The first-order valence-corrected chi connectivity index (χ1v) is 13.4. The van der Waals surface area contributed by atoms with E-state index in [0.717, 1.165) is 0 Å². The first-order valence-electron chi connectivity index (χ1n) is 13.4. The molecule has 40 heavy (non-hydrogen) atoms. The predicted molar refractivity (Wildman–Crippen MR) is 139 cm³/mol. The van der Waals surface area contributed by atoms with Crippen molar-refractivity contribution in [2.75, 3.05) is 46.6 Å². The molecule has 1 unspecified atom stereocenters. The number of ether oxygens (including phenoxy) is 1. The van der Waals surface area contributed by atoms with Crippen LogP contribution in [0.4, 0.5) is 26.3 Å². The Kier molecular flexibility index (Phi) is 8.20. The molecule has 0 radical (unpaired) electrons. The van der Waals surface area contributed by atoms with E-state index in [9.17, 15) is 22.7 Å². The van der Waals surface area contributed by atoms with Crippen LogP contribution in [0.5, 0.6) is 0 Å². The summed E-state index contributed by atoms with van der Waals surface area (Å²) in [7, 11) is 1.45. The van der Waals surface area contributed by atoms with Crippen molar-refractivity contribution < 1.29 is 36.2 Å². The molecule has 5 nitrogen and oxygen atoms in total. The molecule has 218 valence electrons. The van der Waals surface area contributed by atoms with E-state index in [0.29, 0.717) is 48.2 Å². The van der Waals surface area contributed by atoms with Gasteiger partial charge in [0.2, 0.25) is 0 Å². The minimum atomic E-state index is -3.52. The third-order valence-electron chi connectivity index (χ3n) is 8.20. The Morgan fingerprint density at radius 2 is 1.82 bits per heavy atom. The summed E-state index contributed by atoms with van der Waals surface area (Å²) in [6.45, 7) is 0.688. The van der Waals surface area contributed by atoms with Crippen LogP contribution in [0.1, 0.15) is 47.9 Å². The molecule has 3 heterocycles. The number of aromatic amines is 1. The topological polar surface area (TPSA) is 51.7 Å². The van der Waals surface area contributed by atoms with Crippen molar-refractivity contribution in [1.82, 2.24) is 14.8 Å². The van der Waals surface area contributed by atoms with Gasteiger partial charge < -0.3 is 19.7 Å². The standard InChI is InChI=1S/C29H33F6N3O2/c1-16-8-21-20-11-19(31)4-5-24(20)36-26(21)27(38(16)14-29(34,35)15-39)25-22(32)9-17(10-23(25)33)28(40-2)18-12-37(13-18)7-3-6-30/h4-5,9-11,16,18,27-28,36,39H,3,6-8,12-15H2,1-2H3/t16-,27-,28?/m1/s1. The van der Waals surface area contributed by atoms with E-state index in [-0.39, 0.29) is 17.9 Å². The highest BCUT2D eigenvalue weighted by Crippen LogP contribution is 2.44. The monoisotopic (exact) mass is 569 g/mol. The maximum absolute atomic E-state index is 16.0. The number of benzene rings is 2. The van der Waals surface area contributed by atoms with E-state index in [1.165, 1.54) is 42.3 Å². The third-order valence-corrected chi connectivity index (χ3v) is 8.20. The Labute approximate surface area is 228 Å². The lowest BCUT2D eigenvalue weighted by atomic mass is 9.85. The largest absolute Gasteiger partial charge is 0.390 e. The number of nitrogens with one attached hydrogen (secondary N) is 1. The molecule has 0 bridgehead atoms. The molecule has 1 fully saturated rings. The summed E-state index contributed by atoms with van der Waals surface area (Å²) in [5.74, 6) is -5.89. The molecule has 0 spiro atoms. The minimum Gasteiger partial charge on any atom is -0.390 e. The van der Waals surface area contributed by atoms with Gasteiger partial charge in [0.1, 0.15) is 24.1 Å². The van der Waals surface area contributed by atoms with Gasteiger partial charge >= 0.3 is 0 Å². The molecule has 3 aromatic rings. The van der Waals surface area contributed by atoms with Gasteiger partial charge in [0.15, 0.2) is 0 Å². The Morgan fingerprint density at radius 3 is 2.45 bits per heavy atom. The number of methoxy groups -OCH3 is 1. The lowest BCUT2D eigenvalue weighted by Crippen LogP contribution is -2.50. The van der Waals surface area contributed by atoms with Gasteiger partial charge in [-0.3, -0.25) is 9.29 Å². The van der Waals surface area contributed by atoms with E-state index < -0.39 is 67.0 Å². The van der Waals surface area contributed by atoms with Crippen molar-refractivity contribution in [2.24, 2.45) is 5.92 Å². The van der Waals surface area contributed by atoms with Crippen molar-refractivity contribution in [3.63, 3.8) is 0 Å². The number of fused-ring (bicyclic) bond motifs is 3. The van der Waals surface area contributed by atoms with Gasteiger partial charge in [-0.15, -0.1) is 0 Å². The number of likely N-dealkylation sites (tertiary alicyclic amines) is 1. The average Bonchev–Trinajstić information content (AvgIpc) is 3.23. The minimum absolute atomic E-state index is 0.0427. The lowest BCUT2D eigenvalue weighted by Gasteiger charge is -2.43. The maximum Gasteiger partial charge on any atom is 0.283 e. The molecular weight excluding hydrogens is 536 g/mol. The first-order chi connectivity index (χ1) is 19.1. The molecule has 11 heteroatoms. The molecule has 0 aliphatic carbocycles. The van der Waals surface area contributed by atoms with E-state index in [2.05, 4.69) is 4.98 Å². The van der Waals surface area contributed by atoms with Crippen LogP contribution in [0.25, 0.3) is 10.9 Å². The molecule has 0 saturated carbocycles. The maximum atomic E-state index is 16.0. The number of aliphatic hydroxyl groups excluding tert-OH is 1. The molecule has 1 saturated heterocycles.